The zero-order valence-corrected chi connectivity index (χ0v) is 9.64. The molecule has 0 radical (unpaired) electrons. The summed E-state index contributed by atoms with van der Waals surface area (Å²) >= 11 is 0. The van der Waals surface area contributed by atoms with Crippen LogP contribution in [0.15, 0.2) is 18.2 Å². The molecule has 17 heavy (non-hydrogen) atoms. The highest BCUT2D eigenvalue weighted by Crippen LogP contribution is 2.22. The molecule has 1 heterocycles. The van der Waals surface area contributed by atoms with Gasteiger partial charge in [-0.2, -0.15) is 5.10 Å². The van der Waals surface area contributed by atoms with Crippen LogP contribution in [-0.4, -0.2) is 29.1 Å². The summed E-state index contributed by atoms with van der Waals surface area (Å²) in [6.45, 7) is 2.56. The highest BCUT2D eigenvalue weighted by atomic mass is 16.5. The van der Waals surface area contributed by atoms with Gasteiger partial charge in [-0.25, -0.2) is 4.79 Å². The van der Waals surface area contributed by atoms with Crippen LogP contribution in [0.25, 0.3) is 10.9 Å². The molecular weight excluding hydrogens is 220 g/mol. The van der Waals surface area contributed by atoms with Gasteiger partial charge in [-0.3, -0.25) is 9.48 Å². The van der Waals surface area contributed by atoms with Crippen molar-refractivity contribution in [1.82, 2.24) is 9.78 Å². The number of rotatable bonds is 3. The molecule has 0 aliphatic rings. The maximum Gasteiger partial charge on any atom is 0.338 e. The summed E-state index contributed by atoms with van der Waals surface area (Å²) in [5.74, 6) is -0.464. The third kappa shape index (κ3) is 1.69. The van der Waals surface area contributed by atoms with Gasteiger partial charge in [-0.05, 0) is 19.1 Å². The number of aryl methyl sites for hydroxylation is 1. The molecule has 2 aromatic rings. The van der Waals surface area contributed by atoms with Gasteiger partial charge >= 0.3 is 5.97 Å². The predicted octanol–water partition coefficient (Wildman–Crippen LogP) is 1.66. The fourth-order valence-corrected chi connectivity index (χ4v) is 1.86. The molecule has 0 amide bonds. The van der Waals surface area contributed by atoms with Crippen molar-refractivity contribution < 1.29 is 14.3 Å². The lowest BCUT2D eigenvalue weighted by atomic mass is 10.1. The number of hydrogen-bond acceptors (Lipinski definition) is 4. The molecule has 88 valence electrons. The van der Waals surface area contributed by atoms with E-state index in [1.54, 1.807) is 16.8 Å². The van der Waals surface area contributed by atoms with Gasteiger partial charge in [-0.1, -0.05) is 6.07 Å². The molecule has 0 unspecified atom stereocenters. The molecule has 0 aliphatic carbocycles. The Hall–Kier alpha value is -2.17. The summed E-state index contributed by atoms with van der Waals surface area (Å²) in [5.41, 5.74) is 1.40. The number of hydrogen-bond donors (Lipinski definition) is 0. The lowest BCUT2D eigenvalue weighted by Gasteiger charge is -2.02. The first-order valence-electron chi connectivity index (χ1n) is 5.26. The summed E-state index contributed by atoms with van der Waals surface area (Å²) in [5, 5.41) is 4.70. The number of benzene rings is 1. The van der Waals surface area contributed by atoms with Gasteiger partial charge in [0, 0.05) is 11.9 Å². The molecule has 5 nitrogen and oxygen atoms in total. The lowest BCUT2D eigenvalue weighted by molar-refractivity contribution is 0.0603. The van der Waals surface area contributed by atoms with Crippen molar-refractivity contribution in [2.45, 2.75) is 13.5 Å². The fourth-order valence-electron chi connectivity index (χ4n) is 1.86. The summed E-state index contributed by atoms with van der Waals surface area (Å²) in [4.78, 5) is 22.6. The number of ether oxygens (including phenoxy) is 1. The van der Waals surface area contributed by atoms with Crippen molar-refractivity contribution in [3.05, 3.63) is 29.5 Å². The molecule has 0 atom stereocenters. The summed E-state index contributed by atoms with van der Waals surface area (Å²) in [6.07, 6.45) is 0.654. The Bertz CT molecular complexity index is 587. The van der Waals surface area contributed by atoms with Gasteiger partial charge in [0.15, 0.2) is 6.29 Å². The van der Waals surface area contributed by atoms with Crippen LogP contribution in [0.3, 0.4) is 0 Å². The van der Waals surface area contributed by atoms with E-state index in [1.165, 1.54) is 7.11 Å². The predicted molar refractivity (Wildman–Crippen MR) is 62.1 cm³/mol. The minimum atomic E-state index is -0.464. The standard InChI is InChI=1S/C12H12N2O3/c1-3-14-10-6-4-5-8(12(16)17-2)11(10)9(7-15)13-14/h4-7H,3H2,1-2H3. The Balaban J connectivity index is 2.82. The quantitative estimate of drug-likeness (QED) is 0.596. The number of carbonyl (C=O) groups is 2. The van der Waals surface area contributed by atoms with Crippen molar-refractivity contribution in [1.29, 1.82) is 0 Å². The summed E-state index contributed by atoms with van der Waals surface area (Å²) in [7, 11) is 1.31. The van der Waals surface area contributed by atoms with Crippen LogP contribution < -0.4 is 0 Å². The normalized spacial score (nSPS) is 10.5. The second-order valence-electron chi connectivity index (χ2n) is 3.51. The van der Waals surface area contributed by atoms with Gasteiger partial charge in [0.05, 0.1) is 18.2 Å². The zero-order valence-electron chi connectivity index (χ0n) is 9.64. The molecule has 0 saturated heterocycles. The molecule has 0 N–H and O–H groups in total. The van der Waals surface area contributed by atoms with Crippen LogP contribution in [0.5, 0.6) is 0 Å². The smallest absolute Gasteiger partial charge is 0.338 e. The Kier molecular flexibility index (Phi) is 2.91. The minimum absolute atomic E-state index is 0.267. The van der Waals surface area contributed by atoms with E-state index in [0.29, 0.717) is 23.8 Å². The number of nitrogens with zero attached hydrogens (tertiary/aromatic N) is 2. The van der Waals surface area contributed by atoms with Crippen molar-refractivity contribution in [2.75, 3.05) is 7.11 Å². The number of fused-ring (bicyclic) bond motifs is 1. The highest BCUT2D eigenvalue weighted by Gasteiger charge is 2.17. The van der Waals surface area contributed by atoms with Gasteiger partial charge in [0.25, 0.3) is 0 Å². The molecule has 0 spiro atoms. The van der Waals surface area contributed by atoms with Gasteiger partial charge in [-0.15, -0.1) is 0 Å². The first kappa shape index (κ1) is 11.3. The molecule has 2 rings (SSSR count). The number of methoxy groups -OCH3 is 1. The van der Waals surface area contributed by atoms with Gasteiger partial charge < -0.3 is 4.74 Å². The van der Waals surface area contributed by atoms with Crippen molar-refractivity contribution in [3.63, 3.8) is 0 Å². The van der Waals surface area contributed by atoms with Crippen LogP contribution in [0.2, 0.25) is 0 Å². The number of aldehydes is 1. The average Bonchev–Trinajstić information content (AvgIpc) is 2.75. The fraction of sp³-hybridized carbons (Fsp3) is 0.250. The monoisotopic (exact) mass is 232 g/mol. The van der Waals surface area contributed by atoms with E-state index in [-0.39, 0.29) is 5.69 Å². The summed E-state index contributed by atoms with van der Waals surface area (Å²) in [6, 6.07) is 5.20. The van der Waals surface area contributed by atoms with Crippen LogP contribution in [0, 0.1) is 0 Å². The molecule has 0 saturated carbocycles. The number of aromatic nitrogens is 2. The average molecular weight is 232 g/mol. The van der Waals surface area contributed by atoms with Crippen LogP contribution in [0.4, 0.5) is 0 Å². The largest absolute Gasteiger partial charge is 0.465 e. The topological polar surface area (TPSA) is 61.2 Å². The second-order valence-corrected chi connectivity index (χ2v) is 3.51. The van der Waals surface area contributed by atoms with Crippen molar-refractivity contribution in [2.24, 2.45) is 0 Å². The lowest BCUT2D eigenvalue weighted by Crippen LogP contribution is -2.02. The van der Waals surface area contributed by atoms with E-state index < -0.39 is 5.97 Å². The van der Waals surface area contributed by atoms with E-state index in [9.17, 15) is 9.59 Å². The minimum Gasteiger partial charge on any atom is -0.465 e. The van der Waals surface area contributed by atoms with Crippen molar-refractivity contribution in [3.8, 4) is 0 Å². The second kappa shape index (κ2) is 4.37. The molecule has 1 aromatic heterocycles. The third-order valence-electron chi connectivity index (χ3n) is 2.62. The molecule has 1 aromatic carbocycles. The third-order valence-corrected chi connectivity index (χ3v) is 2.62. The van der Waals surface area contributed by atoms with E-state index in [1.807, 2.05) is 13.0 Å². The molecule has 0 fully saturated rings. The van der Waals surface area contributed by atoms with E-state index in [4.69, 9.17) is 4.74 Å². The van der Waals surface area contributed by atoms with E-state index >= 15 is 0 Å². The van der Waals surface area contributed by atoms with Crippen LogP contribution in [-0.2, 0) is 11.3 Å². The number of carbonyl (C=O) groups excluding carboxylic acids is 2. The first-order valence-corrected chi connectivity index (χ1v) is 5.26. The Morgan fingerprint density at radius 3 is 2.88 bits per heavy atom. The Morgan fingerprint density at radius 1 is 1.53 bits per heavy atom. The molecule has 5 heteroatoms. The Morgan fingerprint density at radius 2 is 2.29 bits per heavy atom. The highest BCUT2D eigenvalue weighted by molar-refractivity contribution is 6.09. The first-order chi connectivity index (χ1) is 8.22. The van der Waals surface area contributed by atoms with Gasteiger partial charge in [0.2, 0.25) is 0 Å². The van der Waals surface area contributed by atoms with Gasteiger partial charge in [0.1, 0.15) is 5.69 Å². The zero-order chi connectivity index (χ0) is 12.4. The maximum absolute atomic E-state index is 11.6. The van der Waals surface area contributed by atoms with Crippen molar-refractivity contribution >= 4 is 23.2 Å². The Labute approximate surface area is 98.0 Å². The summed E-state index contributed by atoms with van der Waals surface area (Å²) < 4.78 is 6.38. The SMILES string of the molecule is CCn1nc(C=O)c2c(C(=O)OC)cccc21. The van der Waals surface area contributed by atoms with Crippen LogP contribution in [0.1, 0.15) is 27.8 Å². The number of esters is 1. The molecule has 0 aliphatic heterocycles. The maximum atomic E-state index is 11.6. The van der Waals surface area contributed by atoms with Crippen LogP contribution >= 0.6 is 0 Å². The van der Waals surface area contributed by atoms with E-state index in [2.05, 4.69) is 5.10 Å². The van der Waals surface area contributed by atoms with E-state index in [0.717, 1.165) is 5.52 Å². The molecule has 0 bridgehead atoms. The molecular formula is C12H12N2O3.